The fourth-order valence-corrected chi connectivity index (χ4v) is 6.09. The number of hydrogen-bond donors (Lipinski definition) is 3. The second kappa shape index (κ2) is 13.4. The van der Waals surface area contributed by atoms with Crippen LogP contribution < -0.4 is 16.0 Å². The maximum absolute atomic E-state index is 13.2. The molecule has 0 bridgehead atoms. The third-order valence-corrected chi connectivity index (χ3v) is 8.36. The van der Waals surface area contributed by atoms with Crippen LogP contribution >= 0.6 is 0 Å². The number of unbranched alkanes of at least 4 members (excludes halogenated alkanes) is 1. The Morgan fingerprint density at radius 2 is 1.98 bits per heavy atom. The number of carbonyl (C=O) groups is 4. The van der Waals surface area contributed by atoms with E-state index in [1.165, 1.54) is 4.90 Å². The summed E-state index contributed by atoms with van der Waals surface area (Å²) in [5.74, 6) is -0.579. The van der Waals surface area contributed by atoms with Crippen molar-refractivity contribution in [3.8, 4) is 0 Å². The van der Waals surface area contributed by atoms with E-state index in [1.54, 1.807) is 24.5 Å². The molecule has 11 nitrogen and oxygen atoms in total. The molecule has 0 saturated carbocycles. The van der Waals surface area contributed by atoms with E-state index in [-0.39, 0.29) is 37.1 Å². The predicted octanol–water partition coefficient (Wildman–Crippen LogP) is 4.09. The highest BCUT2D eigenvalue weighted by molar-refractivity contribution is 6.14. The number of hydrogen-bond acceptors (Lipinski definition) is 8. The molecule has 6 rings (SSSR count). The zero-order chi connectivity index (χ0) is 32.2. The molecule has 2 unspecified atom stereocenters. The lowest BCUT2D eigenvalue weighted by atomic mass is 10.0. The number of anilines is 1. The first-order valence-corrected chi connectivity index (χ1v) is 15.4. The van der Waals surface area contributed by atoms with Crippen molar-refractivity contribution in [2.45, 2.75) is 37.8 Å². The first-order valence-electron chi connectivity index (χ1n) is 15.4. The maximum Gasteiger partial charge on any atom is 0.259 e. The Morgan fingerprint density at radius 1 is 1.13 bits per heavy atom. The largest absolute Gasteiger partial charge is 0.459 e. The van der Waals surface area contributed by atoms with Crippen LogP contribution in [0.2, 0.25) is 0 Å². The van der Waals surface area contributed by atoms with Gasteiger partial charge in [-0.25, -0.2) is 0 Å². The van der Waals surface area contributed by atoms with Gasteiger partial charge in [-0.05, 0) is 63.2 Å². The fourth-order valence-electron chi connectivity index (χ4n) is 6.09. The van der Waals surface area contributed by atoms with Crippen molar-refractivity contribution in [1.82, 2.24) is 25.4 Å². The van der Waals surface area contributed by atoms with E-state index in [4.69, 9.17) is 4.42 Å². The first kappa shape index (κ1) is 30.7. The minimum Gasteiger partial charge on any atom is -0.459 e. The monoisotopic (exact) mass is 620 g/mol. The number of carbonyl (C=O) groups excluding carboxylic acids is 4. The molecule has 0 radical (unpaired) electrons. The van der Waals surface area contributed by atoms with Gasteiger partial charge in [-0.3, -0.25) is 39.3 Å². The van der Waals surface area contributed by atoms with E-state index in [9.17, 15) is 19.2 Å². The van der Waals surface area contributed by atoms with Crippen LogP contribution in [0, 0.1) is 0 Å². The molecule has 1 fully saturated rings. The molecule has 2 aromatic heterocycles. The molecular formula is C35H36N6O5. The highest BCUT2D eigenvalue weighted by Gasteiger charge is 2.42. The van der Waals surface area contributed by atoms with Crippen molar-refractivity contribution >= 4 is 46.0 Å². The SMILES string of the molecule is C=C1c2c(NCCCCN(C)CC(=O)NC(c3cccnc3)c3cc4ccccc4o3)cccc2C(=O)N1C1CCC(=O)NC1=O. The summed E-state index contributed by atoms with van der Waals surface area (Å²) < 4.78 is 6.08. The highest BCUT2D eigenvalue weighted by atomic mass is 16.3. The molecule has 11 heteroatoms. The Bertz CT molecular complexity index is 1770. The number of fused-ring (bicyclic) bond motifs is 2. The molecule has 0 aliphatic carbocycles. The summed E-state index contributed by atoms with van der Waals surface area (Å²) in [5, 5.41) is 9.83. The average Bonchev–Trinajstić information content (AvgIpc) is 3.59. The number of benzene rings is 2. The van der Waals surface area contributed by atoms with Crippen LogP contribution in [0.3, 0.4) is 0 Å². The Kier molecular flexibility index (Phi) is 8.93. The zero-order valence-electron chi connectivity index (χ0n) is 25.6. The maximum atomic E-state index is 13.2. The smallest absolute Gasteiger partial charge is 0.259 e. The number of furan rings is 1. The molecule has 4 aromatic rings. The number of pyridine rings is 1. The molecule has 4 heterocycles. The molecule has 2 aromatic carbocycles. The van der Waals surface area contributed by atoms with Crippen LogP contribution in [-0.2, 0) is 14.4 Å². The van der Waals surface area contributed by atoms with Crippen LogP contribution in [0.1, 0.15) is 59.0 Å². The van der Waals surface area contributed by atoms with Gasteiger partial charge in [-0.15, -0.1) is 0 Å². The van der Waals surface area contributed by atoms with Crippen molar-refractivity contribution in [2.75, 3.05) is 32.0 Å². The topological polar surface area (TPSA) is 137 Å². The number of para-hydroxylation sites is 1. The minimum atomic E-state index is -0.760. The van der Waals surface area contributed by atoms with Gasteiger partial charge < -0.3 is 15.1 Å². The summed E-state index contributed by atoms with van der Waals surface area (Å²) >= 11 is 0. The Balaban J connectivity index is 1.00. The summed E-state index contributed by atoms with van der Waals surface area (Å²) in [6.45, 7) is 5.70. The standard InChI is InChI=1S/C35H36N6O5/c1-22-32-25(35(45)41(22)27-14-15-30(42)39-34(27)44)11-7-12-26(32)37-17-5-6-18-40(2)21-31(43)38-33(24-10-8-16-36-20-24)29-19-23-9-3-4-13-28(23)46-29/h3-4,7-13,16,19-20,27,33,37H,1,5-6,14-15,17-18,21H2,2H3,(H,38,43)(H,39,42,44). The lowest BCUT2D eigenvalue weighted by molar-refractivity contribution is -0.136. The van der Waals surface area contributed by atoms with Gasteiger partial charge >= 0.3 is 0 Å². The van der Waals surface area contributed by atoms with Crippen molar-refractivity contribution in [3.63, 3.8) is 0 Å². The normalized spacial score (nSPS) is 16.9. The van der Waals surface area contributed by atoms with Crippen LogP contribution in [0.15, 0.2) is 84.1 Å². The first-order chi connectivity index (χ1) is 22.3. The number of aromatic nitrogens is 1. The molecule has 0 spiro atoms. The number of piperidine rings is 1. The van der Waals surface area contributed by atoms with E-state index in [2.05, 4.69) is 27.5 Å². The van der Waals surface area contributed by atoms with Crippen molar-refractivity contribution in [2.24, 2.45) is 0 Å². The van der Waals surface area contributed by atoms with Crippen molar-refractivity contribution in [1.29, 1.82) is 0 Å². The molecule has 3 N–H and O–H groups in total. The third kappa shape index (κ3) is 6.40. The zero-order valence-corrected chi connectivity index (χ0v) is 25.6. The molecule has 2 atom stereocenters. The van der Waals surface area contributed by atoms with Gasteiger partial charge in [0.25, 0.3) is 5.91 Å². The quantitative estimate of drug-likeness (QED) is 0.159. The summed E-state index contributed by atoms with van der Waals surface area (Å²) in [6.07, 6.45) is 5.53. The van der Waals surface area contributed by atoms with E-state index >= 15 is 0 Å². The second-order valence-electron chi connectivity index (χ2n) is 11.7. The van der Waals surface area contributed by atoms with Gasteiger partial charge in [0.2, 0.25) is 17.7 Å². The third-order valence-electron chi connectivity index (χ3n) is 8.36. The predicted molar refractivity (Wildman–Crippen MR) is 173 cm³/mol. The lowest BCUT2D eigenvalue weighted by Gasteiger charge is -2.30. The van der Waals surface area contributed by atoms with Gasteiger partial charge in [-0.2, -0.15) is 0 Å². The van der Waals surface area contributed by atoms with Crippen LogP contribution in [0.25, 0.3) is 16.7 Å². The summed E-state index contributed by atoms with van der Waals surface area (Å²) in [5.41, 5.74) is 3.98. The van der Waals surface area contributed by atoms with E-state index in [0.717, 1.165) is 35.1 Å². The summed E-state index contributed by atoms with van der Waals surface area (Å²) in [6, 6.07) is 17.6. The van der Waals surface area contributed by atoms with Crippen LogP contribution in [0.4, 0.5) is 5.69 Å². The molecular weight excluding hydrogens is 584 g/mol. The molecule has 1 saturated heterocycles. The number of nitrogens with zero attached hydrogens (tertiary/aromatic N) is 3. The molecule has 2 aliphatic heterocycles. The van der Waals surface area contributed by atoms with Crippen molar-refractivity contribution in [3.05, 3.63) is 102 Å². The average molecular weight is 621 g/mol. The Morgan fingerprint density at radius 3 is 2.76 bits per heavy atom. The number of rotatable bonds is 12. The Hall–Kier alpha value is -5.29. The molecule has 236 valence electrons. The van der Waals surface area contributed by atoms with E-state index in [0.29, 0.717) is 35.7 Å². The summed E-state index contributed by atoms with van der Waals surface area (Å²) in [4.78, 5) is 58.1. The van der Waals surface area contributed by atoms with E-state index in [1.807, 2.05) is 60.5 Å². The van der Waals surface area contributed by atoms with Gasteiger partial charge in [0, 0.05) is 53.3 Å². The number of imide groups is 1. The molecule has 46 heavy (non-hydrogen) atoms. The second-order valence-corrected chi connectivity index (χ2v) is 11.7. The van der Waals surface area contributed by atoms with Gasteiger partial charge in [-0.1, -0.05) is 36.9 Å². The number of nitrogens with one attached hydrogen (secondary N) is 3. The minimum absolute atomic E-state index is 0.126. The Labute approximate surface area is 266 Å². The highest BCUT2D eigenvalue weighted by Crippen LogP contribution is 2.39. The number of likely N-dealkylation sites (N-methyl/N-ethyl adjacent to an activating group) is 1. The van der Waals surface area contributed by atoms with Crippen molar-refractivity contribution < 1.29 is 23.6 Å². The van der Waals surface area contributed by atoms with E-state index < -0.39 is 18.0 Å². The number of amides is 4. The fraction of sp³-hybridized carbons (Fsp3) is 0.286. The van der Waals surface area contributed by atoms with Crippen LogP contribution in [-0.4, -0.2) is 71.1 Å². The lowest BCUT2D eigenvalue weighted by Crippen LogP contribution is -2.52. The molecule has 4 amide bonds. The van der Waals surface area contributed by atoms with Gasteiger partial charge in [0.1, 0.15) is 23.4 Å². The van der Waals surface area contributed by atoms with Gasteiger partial charge in [0.15, 0.2) is 0 Å². The summed E-state index contributed by atoms with van der Waals surface area (Å²) in [7, 11) is 1.91. The molecule has 2 aliphatic rings. The van der Waals surface area contributed by atoms with Gasteiger partial charge in [0.05, 0.1) is 12.1 Å². The van der Waals surface area contributed by atoms with Crippen LogP contribution in [0.5, 0.6) is 0 Å².